The van der Waals surface area contributed by atoms with E-state index >= 15 is 0 Å². The Kier molecular flexibility index (Phi) is 7.18. The molecule has 2 aromatic rings. The summed E-state index contributed by atoms with van der Waals surface area (Å²) in [6, 6.07) is 7.20. The number of carbonyl (C=O) groups excluding carboxylic acids is 1. The molecule has 0 saturated carbocycles. The number of aromatic nitrogens is 3. The minimum atomic E-state index is -0.541. The van der Waals surface area contributed by atoms with Crippen molar-refractivity contribution < 1.29 is 19.1 Å². The minimum Gasteiger partial charge on any atom is -0.378 e. The van der Waals surface area contributed by atoms with Gasteiger partial charge in [-0.2, -0.15) is 0 Å². The number of carbonyl (C=O) groups is 1. The number of fused-ring (bicyclic) bond motifs is 1. The van der Waals surface area contributed by atoms with E-state index in [1.54, 1.807) is 12.1 Å². The van der Waals surface area contributed by atoms with Gasteiger partial charge in [0.1, 0.15) is 17.6 Å². The molecule has 1 N–H and O–H groups in total. The fourth-order valence-electron chi connectivity index (χ4n) is 1.66. The lowest BCUT2D eigenvalue weighted by Gasteiger charge is -2.06. The SMILES string of the molecule is O=C(COCCOCCNCP)On1nnc2ccccc21. The molecule has 0 fully saturated rings. The molecule has 1 aromatic heterocycles. The van der Waals surface area contributed by atoms with E-state index in [2.05, 4.69) is 24.9 Å². The van der Waals surface area contributed by atoms with Crippen LogP contribution in [-0.4, -0.2) is 60.4 Å². The number of benzene rings is 1. The summed E-state index contributed by atoms with van der Waals surface area (Å²) in [5.41, 5.74) is 1.28. The van der Waals surface area contributed by atoms with Crippen LogP contribution in [0.15, 0.2) is 24.3 Å². The quantitative estimate of drug-likeness (QED) is 0.369. The molecular weight excluding hydrogens is 307 g/mol. The first kappa shape index (κ1) is 16.8. The third-order valence-corrected chi connectivity index (χ3v) is 2.96. The summed E-state index contributed by atoms with van der Waals surface area (Å²) in [6.45, 7) is 1.98. The van der Waals surface area contributed by atoms with E-state index in [1.165, 1.54) is 0 Å². The van der Waals surface area contributed by atoms with Crippen LogP contribution in [0.4, 0.5) is 0 Å². The zero-order valence-corrected chi connectivity index (χ0v) is 13.3. The van der Waals surface area contributed by atoms with Crippen molar-refractivity contribution in [1.29, 1.82) is 0 Å². The predicted molar refractivity (Wildman–Crippen MR) is 83.3 cm³/mol. The standard InChI is InChI=1S/C13H19N4O4P/c18-13(9-20-8-7-19-6-5-14-10-22)21-17-12-4-2-1-3-11(12)15-16-17/h1-4,14H,5-10,22H2. The number of rotatable bonds is 10. The van der Waals surface area contributed by atoms with Crippen LogP contribution in [0.25, 0.3) is 11.0 Å². The molecule has 0 saturated heterocycles. The molecule has 1 unspecified atom stereocenters. The molecule has 120 valence electrons. The van der Waals surface area contributed by atoms with Gasteiger partial charge in [-0.15, -0.1) is 14.3 Å². The Labute approximate surface area is 130 Å². The Bertz CT molecular complexity index is 592. The molecule has 22 heavy (non-hydrogen) atoms. The summed E-state index contributed by atoms with van der Waals surface area (Å²) < 4.78 is 10.5. The van der Waals surface area contributed by atoms with E-state index in [9.17, 15) is 4.79 Å². The molecule has 1 atom stereocenters. The Morgan fingerprint density at radius 2 is 2.05 bits per heavy atom. The Morgan fingerprint density at radius 1 is 1.23 bits per heavy atom. The molecule has 0 bridgehead atoms. The van der Waals surface area contributed by atoms with Crippen molar-refractivity contribution in [3.63, 3.8) is 0 Å². The molecule has 1 aromatic carbocycles. The van der Waals surface area contributed by atoms with Gasteiger partial charge in [0.2, 0.25) is 0 Å². The third-order valence-electron chi connectivity index (χ3n) is 2.67. The van der Waals surface area contributed by atoms with Crippen LogP contribution in [-0.2, 0) is 14.3 Å². The molecule has 9 heteroatoms. The Balaban J connectivity index is 1.62. The number of nitrogens with zero attached hydrogens (tertiary/aromatic N) is 3. The van der Waals surface area contributed by atoms with Crippen LogP contribution < -0.4 is 10.2 Å². The molecule has 0 radical (unpaired) electrons. The van der Waals surface area contributed by atoms with E-state index < -0.39 is 5.97 Å². The maximum absolute atomic E-state index is 11.6. The number of hydrogen-bond donors (Lipinski definition) is 1. The van der Waals surface area contributed by atoms with Gasteiger partial charge in [0.25, 0.3) is 0 Å². The largest absolute Gasteiger partial charge is 0.378 e. The minimum absolute atomic E-state index is 0.165. The topological polar surface area (TPSA) is 87.5 Å². The van der Waals surface area contributed by atoms with Crippen LogP contribution in [0.3, 0.4) is 0 Å². The second-order valence-corrected chi connectivity index (χ2v) is 4.69. The maximum atomic E-state index is 11.6. The van der Waals surface area contributed by atoms with Crippen molar-refractivity contribution in [1.82, 2.24) is 20.5 Å². The fourth-order valence-corrected chi connectivity index (χ4v) is 1.86. The third kappa shape index (κ3) is 5.31. The first-order valence-corrected chi connectivity index (χ1v) is 7.71. The van der Waals surface area contributed by atoms with Gasteiger partial charge in [-0.25, -0.2) is 4.79 Å². The highest BCUT2D eigenvalue weighted by molar-refractivity contribution is 7.16. The van der Waals surface area contributed by atoms with Crippen molar-refractivity contribution in [2.24, 2.45) is 0 Å². The average molecular weight is 326 g/mol. The predicted octanol–water partition coefficient (Wildman–Crippen LogP) is -0.158. The molecule has 0 amide bonds. The molecular formula is C13H19N4O4P. The second kappa shape index (κ2) is 9.42. The summed E-state index contributed by atoms with van der Waals surface area (Å²) in [7, 11) is 2.57. The monoisotopic (exact) mass is 326 g/mol. The first-order valence-electron chi connectivity index (χ1n) is 6.89. The normalized spacial score (nSPS) is 11.0. The van der Waals surface area contributed by atoms with Gasteiger partial charge in [0.15, 0.2) is 0 Å². The van der Waals surface area contributed by atoms with Crippen LogP contribution in [0.5, 0.6) is 0 Å². The second-order valence-electron chi connectivity index (χ2n) is 4.28. The van der Waals surface area contributed by atoms with E-state index in [0.717, 1.165) is 17.7 Å². The van der Waals surface area contributed by atoms with E-state index in [1.807, 2.05) is 12.1 Å². The van der Waals surface area contributed by atoms with Gasteiger partial charge >= 0.3 is 5.97 Å². The molecule has 0 spiro atoms. The molecule has 2 rings (SSSR count). The molecule has 8 nitrogen and oxygen atoms in total. The van der Waals surface area contributed by atoms with Crippen LogP contribution in [0, 0.1) is 0 Å². The van der Waals surface area contributed by atoms with Crippen LogP contribution >= 0.6 is 9.24 Å². The fraction of sp³-hybridized carbons (Fsp3) is 0.462. The molecule has 0 aliphatic carbocycles. The van der Waals surface area contributed by atoms with E-state index in [0.29, 0.717) is 30.9 Å². The van der Waals surface area contributed by atoms with Gasteiger partial charge in [0.05, 0.1) is 19.8 Å². The molecule has 0 aliphatic rings. The number of para-hydroxylation sites is 1. The van der Waals surface area contributed by atoms with Gasteiger partial charge in [0, 0.05) is 12.8 Å². The summed E-state index contributed by atoms with van der Waals surface area (Å²) in [6.07, 6.45) is 0.836. The Morgan fingerprint density at radius 3 is 2.91 bits per heavy atom. The van der Waals surface area contributed by atoms with Crippen molar-refractivity contribution in [2.75, 3.05) is 39.3 Å². The highest BCUT2D eigenvalue weighted by atomic mass is 31.0. The van der Waals surface area contributed by atoms with Crippen molar-refractivity contribution in [3.8, 4) is 0 Å². The summed E-state index contributed by atoms with van der Waals surface area (Å²) in [5, 5.41) is 10.7. The van der Waals surface area contributed by atoms with Gasteiger partial charge in [-0.3, -0.25) is 0 Å². The van der Waals surface area contributed by atoms with Crippen LogP contribution in [0.2, 0.25) is 0 Å². The van der Waals surface area contributed by atoms with Crippen LogP contribution in [0.1, 0.15) is 0 Å². The number of hydrogen-bond acceptors (Lipinski definition) is 7. The lowest BCUT2D eigenvalue weighted by atomic mass is 10.3. The zero-order valence-electron chi connectivity index (χ0n) is 12.1. The molecule has 0 aliphatic heterocycles. The highest BCUT2D eigenvalue weighted by Gasteiger charge is 2.09. The van der Waals surface area contributed by atoms with E-state index in [4.69, 9.17) is 14.3 Å². The number of ether oxygens (including phenoxy) is 2. The van der Waals surface area contributed by atoms with Gasteiger partial charge < -0.3 is 19.6 Å². The Hall–Kier alpha value is -1.60. The first-order chi connectivity index (χ1) is 10.8. The van der Waals surface area contributed by atoms with Gasteiger partial charge in [-0.1, -0.05) is 17.0 Å². The average Bonchev–Trinajstić information content (AvgIpc) is 2.93. The summed E-state index contributed by atoms with van der Waals surface area (Å²) in [4.78, 5) is 17.8. The summed E-state index contributed by atoms with van der Waals surface area (Å²) in [5.74, 6) is -0.541. The van der Waals surface area contributed by atoms with Crippen molar-refractivity contribution in [2.45, 2.75) is 0 Å². The van der Waals surface area contributed by atoms with Gasteiger partial charge in [-0.05, 0) is 17.3 Å². The number of nitrogens with one attached hydrogen (secondary N) is 1. The summed E-state index contributed by atoms with van der Waals surface area (Å²) >= 11 is 0. The molecule has 1 heterocycles. The van der Waals surface area contributed by atoms with Crippen molar-refractivity contribution >= 4 is 26.2 Å². The van der Waals surface area contributed by atoms with E-state index in [-0.39, 0.29) is 6.61 Å². The smallest absolute Gasteiger partial charge is 0.360 e. The lowest BCUT2D eigenvalue weighted by Crippen LogP contribution is -2.26. The maximum Gasteiger partial charge on any atom is 0.360 e. The lowest BCUT2D eigenvalue weighted by molar-refractivity contribution is -0.151. The van der Waals surface area contributed by atoms with Crippen molar-refractivity contribution in [3.05, 3.63) is 24.3 Å². The highest BCUT2D eigenvalue weighted by Crippen LogP contribution is 2.07. The zero-order chi connectivity index (χ0) is 15.6.